The summed E-state index contributed by atoms with van der Waals surface area (Å²) in [5.74, 6) is 0.678. The van der Waals surface area contributed by atoms with Crippen molar-refractivity contribution in [2.75, 3.05) is 26.2 Å². The molecule has 114 valence electrons. The summed E-state index contributed by atoms with van der Waals surface area (Å²) >= 11 is 0. The van der Waals surface area contributed by atoms with E-state index in [1.807, 2.05) is 13.0 Å². The van der Waals surface area contributed by atoms with Crippen molar-refractivity contribution in [3.63, 3.8) is 0 Å². The molecule has 20 heavy (non-hydrogen) atoms. The van der Waals surface area contributed by atoms with Crippen LogP contribution in [0.3, 0.4) is 0 Å². The van der Waals surface area contributed by atoms with Gasteiger partial charge in [0, 0.05) is 32.2 Å². The van der Waals surface area contributed by atoms with Gasteiger partial charge in [-0.15, -0.1) is 24.8 Å². The molecule has 0 spiro atoms. The average molecular weight is 321 g/mol. The molecule has 1 saturated carbocycles. The molecule has 2 fully saturated rings. The second-order valence-electron chi connectivity index (χ2n) is 5.52. The van der Waals surface area contributed by atoms with E-state index in [0.717, 1.165) is 37.7 Å². The van der Waals surface area contributed by atoms with E-state index in [1.54, 1.807) is 6.07 Å². The van der Waals surface area contributed by atoms with Crippen LogP contribution < -0.4 is 5.32 Å². The van der Waals surface area contributed by atoms with Crippen molar-refractivity contribution in [3.05, 3.63) is 35.1 Å². The molecule has 1 heterocycles. The van der Waals surface area contributed by atoms with Crippen LogP contribution in [0.15, 0.2) is 18.2 Å². The zero-order chi connectivity index (χ0) is 12.5. The normalized spacial score (nSPS) is 20.7. The molecule has 1 aliphatic carbocycles. The SMILES string of the molecule is Cc1c(F)cccc1[C@H](C1CC1)N1CCNCC1.Cl.Cl. The van der Waals surface area contributed by atoms with Gasteiger partial charge in [0.2, 0.25) is 0 Å². The molecule has 3 rings (SSSR count). The number of nitrogens with one attached hydrogen (secondary N) is 1. The summed E-state index contributed by atoms with van der Waals surface area (Å²) in [6, 6.07) is 5.97. The summed E-state index contributed by atoms with van der Waals surface area (Å²) in [5.41, 5.74) is 2.05. The molecule has 0 unspecified atom stereocenters. The van der Waals surface area contributed by atoms with Gasteiger partial charge in [-0.05, 0) is 42.9 Å². The Bertz CT molecular complexity index is 432. The molecular formula is C15H23Cl2FN2. The van der Waals surface area contributed by atoms with Crippen molar-refractivity contribution >= 4 is 24.8 Å². The van der Waals surface area contributed by atoms with Gasteiger partial charge in [0.1, 0.15) is 5.82 Å². The van der Waals surface area contributed by atoms with Crippen LogP contribution in [-0.4, -0.2) is 31.1 Å². The minimum atomic E-state index is -0.0618. The lowest BCUT2D eigenvalue weighted by Gasteiger charge is -2.36. The van der Waals surface area contributed by atoms with E-state index < -0.39 is 0 Å². The molecule has 1 aromatic rings. The minimum Gasteiger partial charge on any atom is -0.314 e. The third kappa shape index (κ3) is 3.64. The lowest BCUT2D eigenvalue weighted by molar-refractivity contribution is 0.155. The highest BCUT2D eigenvalue weighted by molar-refractivity contribution is 5.85. The highest BCUT2D eigenvalue weighted by Gasteiger charge is 2.37. The smallest absolute Gasteiger partial charge is 0.126 e. The molecular weight excluding hydrogens is 298 g/mol. The van der Waals surface area contributed by atoms with Crippen LogP contribution in [-0.2, 0) is 0 Å². The van der Waals surface area contributed by atoms with Gasteiger partial charge in [-0.1, -0.05) is 12.1 Å². The Morgan fingerprint density at radius 2 is 1.85 bits per heavy atom. The number of nitrogens with zero attached hydrogens (tertiary/aromatic N) is 1. The molecule has 2 nitrogen and oxygen atoms in total. The third-order valence-electron chi connectivity index (χ3n) is 4.24. The largest absolute Gasteiger partial charge is 0.314 e. The van der Waals surface area contributed by atoms with Crippen LogP contribution >= 0.6 is 24.8 Å². The zero-order valence-corrected chi connectivity index (χ0v) is 13.4. The van der Waals surface area contributed by atoms with Gasteiger partial charge in [-0.25, -0.2) is 4.39 Å². The highest BCUT2D eigenvalue weighted by Crippen LogP contribution is 2.45. The summed E-state index contributed by atoms with van der Waals surface area (Å²) in [7, 11) is 0. The predicted octanol–water partition coefficient (Wildman–Crippen LogP) is 3.33. The molecule has 0 amide bonds. The molecule has 1 aliphatic heterocycles. The maximum Gasteiger partial charge on any atom is 0.126 e. The van der Waals surface area contributed by atoms with Gasteiger partial charge < -0.3 is 5.32 Å². The second-order valence-corrected chi connectivity index (χ2v) is 5.52. The maximum absolute atomic E-state index is 13.8. The molecule has 0 bridgehead atoms. The van der Waals surface area contributed by atoms with Crippen molar-refractivity contribution in [2.45, 2.75) is 25.8 Å². The summed E-state index contributed by atoms with van der Waals surface area (Å²) in [6.45, 7) is 6.19. The summed E-state index contributed by atoms with van der Waals surface area (Å²) in [4.78, 5) is 2.54. The lowest BCUT2D eigenvalue weighted by Crippen LogP contribution is -2.45. The first-order valence-electron chi connectivity index (χ1n) is 6.97. The van der Waals surface area contributed by atoms with Gasteiger partial charge >= 0.3 is 0 Å². The first-order valence-corrected chi connectivity index (χ1v) is 6.97. The minimum absolute atomic E-state index is 0. The molecule has 5 heteroatoms. The van der Waals surface area contributed by atoms with Gasteiger partial charge in [0.05, 0.1) is 0 Å². The summed E-state index contributed by atoms with van der Waals surface area (Å²) < 4.78 is 13.8. The topological polar surface area (TPSA) is 15.3 Å². The monoisotopic (exact) mass is 320 g/mol. The van der Waals surface area contributed by atoms with Crippen molar-refractivity contribution in [1.29, 1.82) is 0 Å². The molecule has 0 radical (unpaired) electrons. The number of hydrogen-bond acceptors (Lipinski definition) is 2. The summed E-state index contributed by atoms with van der Waals surface area (Å²) in [5, 5.41) is 3.39. The van der Waals surface area contributed by atoms with Crippen molar-refractivity contribution in [3.8, 4) is 0 Å². The number of benzene rings is 1. The van der Waals surface area contributed by atoms with E-state index >= 15 is 0 Å². The number of halogens is 3. The Kier molecular flexibility index (Phi) is 6.73. The Labute approximate surface area is 132 Å². The fourth-order valence-electron chi connectivity index (χ4n) is 3.07. The Hall–Kier alpha value is -0.350. The van der Waals surface area contributed by atoms with E-state index in [9.17, 15) is 4.39 Å². The zero-order valence-electron chi connectivity index (χ0n) is 11.8. The molecule has 1 atom stereocenters. The van der Waals surface area contributed by atoms with Gasteiger partial charge in [-0.3, -0.25) is 4.90 Å². The Morgan fingerprint density at radius 3 is 2.45 bits per heavy atom. The number of piperazine rings is 1. The Morgan fingerprint density at radius 1 is 1.20 bits per heavy atom. The van der Waals surface area contributed by atoms with Gasteiger partial charge in [0.25, 0.3) is 0 Å². The first kappa shape index (κ1) is 17.7. The van der Waals surface area contributed by atoms with Crippen LogP contribution in [0.5, 0.6) is 0 Å². The molecule has 1 aromatic carbocycles. The van der Waals surface area contributed by atoms with E-state index in [1.165, 1.54) is 18.4 Å². The molecule has 1 saturated heterocycles. The molecule has 2 aliphatic rings. The van der Waals surface area contributed by atoms with Crippen LogP contribution in [0.4, 0.5) is 4.39 Å². The number of hydrogen-bond donors (Lipinski definition) is 1. The third-order valence-corrected chi connectivity index (χ3v) is 4.24. The van der Waals surface area contributed by atoms with Crippen molar-refractivity contribution in [1.82, 2.24) is 10.2 Å². The first-order chi connectivity index (χ1) is 8.77. The van der Waals surface area contributed by atoms with Crippen LogP contribution in [0.25, 0.3) is 0 Å². The van der Waals surface area contributed by atoms with E-state index in [0.29, 0.717) is 6.04 Å². The van der Waals surface area contributed by atoms with Crippen molar-refractivity contribution < 1.29 is 4.39 Å². The van der Waals surface area contributed by atoms with E-state index in [-0.39, 0.29) is 30.6 Å². The average Bonchev–Trinajstić information content (AvgIpc) is 3.21. The summed E-state index contributed by atoms with van der Waals surface area (Å²) in [6.07, 6.45) is 2.59. The van der Waals surface area contributed by atoms with E-state index in [4.69, 9.17) is 0 Å². The predicted molar refractivity (Wildman–Crippen MR) is 85.5 cm³/mol. The van der Waals surface area contributed by atoms with Crippen LogP contribution in [0, 0.1) is 18.7 Å². The van der Waals surface area contributed by atoms with Crippen molar-refractivity contribution in [2.24, 2.45) is 5.92 Å². The Balaban J connectivity index is 0.000001000. The second kappa shape index (κ2) is 7.60. The highest BCUT2D eigenvalue weighted by atomic mass is 35.5. The van der Waals surface area contributed by atoms with Gasteiger partial charge in [0.15, 0.2) is 0 Å². The fraction of sp³-hybridized carbons (Fsp3) is 0.600. The molecule has 0 aromatic heterocycles. The molecule has 1 N–H and O–H groups in total. The maximum atomic E-state index is 13.8. The van der Waals surface area contributed by atoms with Crippen LogP contribution in [0.2, 0.25) is 0 Å². The quantitative estimate of drug-likeness (QED) is 0.919. The van der Waals surface area contributed by atoms with Gasteiger partial charge in [-0.2, -0.15) is 0 Å². The lowest BCUT2D eigenvalue weighted by atomic mass is 9.95. The van der Waals surface area contributed by atoms with E-state index in [2.05, 4.69) is 16.3 Å². The standard InChI is InChI=1S/C15H21FN2.2ClH/c1-11-13(3-2-4-14(11)16)15(12-5-6-12)18-9-7-17-8-10-18;;/h2-4,12,15,17H,5-10H2,1H3;2*1H/t15-;;/m0../s1. The fourth-order valence-corrected chi connectivity index (χ4v) is 3.07. The number of rotatable bonds is 3. The van der Waals surface area contributed by atoms with Crippen LogP contribution in [0.1, 0.15) is 30.0 Å².